The van der Waals surface area contributed by atoms with Crippen molar-refractivity contribution in [1.82, 2.24) is 4.72 Å². The highest BCUT2D eigenvalue weighted by molar-refractivity contribution is 7.89. The van der Waals surface area contributed by atoms with Crippen LogP contribution in [-0.2, 0) is 15.9 Å². The molecule has 2 rings (SSSR count). The number of hydrogen-bond acceptors (Lipinski definition) is 2. The fraction of sp³-hybridized carbons (Fsp3) is 0.600. The Labute approximate surface area is 124 Å². The van der Waals surface area contributed by atoms with E-state index in [-0.39, 0.29) is 16.5 Å². The molecule has 0 heterocycles. The SMILES string of the molecule is Cc1cc(C(C)(F)F)cc(S(=O)(=O)NC2CCCCC2)c1. The molecule has 21 heavy (non-hydrogen) atoms. The molecule has 1 N–H and O–H groups in total. The van der Waals surface area contributed by atoms with Gasteiger partial charge in [-0.15, -0.1) is 0 Å². The molecular weight excluding hydrogens is 296 g/mol. The summed E-state index contributed by atoms with van der Waals surface area (Å²) in [5, 5.41) is 0. The van der Waals surface area contributed by atoms with Crippen molar-refractivity contribution in [2.24, 2.45) is 0 Å². The molecule has 118 valence electrons. The van der Waals surface area contributed by atoms with Crippen LogP contribution in [0.3, 0.4) is 0 Å². The molecular formula is C15H21F2NO2S. The molecule has 0 aliphatic heterocycles. The number of nitrogens with one attached hydrogen (secondary N) is 1. The summed E-state index contributed by atoms with van der Waals surface area (Å²) in [5.74, 6) is -3.05. The van der Waals surface area contributed by atoms with Gasteiger partial charge in [0.25, 0.3) is 5.92 Å². The van der Waals surface area contributed by atoms with Gasteiger partial charge in [-0.05, 0) is 37.5 Å². The molecule has 1 aliphatic rings. The van der Waals surface area contributed by atoms with Crippen LogP contribution in [0.1, 0.15) is 50.2 Å². The summed E-state index contributed by atoms with van der Waals surface area (Å²) in [6, 6.07) is 3.73. The van der Waals surface area contributed by atoms with Crippen molar-refractivity contribution < 1.29 is 17.2 Å². The van der Waals surface area contributed by atoms with Gasteiger partial charge in [-0.1, -0.05) is 25.3 Å². The summed E-state index contributed by atoms with van der Waals surface area (Å²) < 4.78 is 54.3. The quantitative estimate of drug-likeness (QED) is 0.920. The van der Waals surface area contributed by atoms with E-state index >= 15 is 0 Å². The Morgan fingerprint density at radius 1 is 1.14 bits per heavy atom. The number of rotatable bonds is 4. The molecule has 0 bridgehead atoms. The predicted molar refractivity (Wildman–Crippen MR) is 77.9 cm³/mol. The molecule has 1 fully saturated rings. The van der Waals surface area contributed by atoms with Gasteiger partial charge in [0.15, 0.2) is 0 Å². The Hall–Kier alpha value is -1.01. The zero-order chi connectivity index (χ0) is 15.7. The Balaban J connectivity index is 2.29. The Kier molecular flexibility index (Phi) is 4.68. The van der Waals surface area contributed by atoms with Crippen LogP contribution in [-0.4, -0.2) is 14.5 Å². The van der Waals surface area contributed by atoms with E-state index in [9.17, 15) is 17.2 Å². The number of sulfonamides is 1. The summed E-state index contributed by atoms with van der Waals surface area (Å²) in [6.07, 6.45) is 4.73. The van der Waals surface area contributed by atoms with Gasteiger partial charge < -0.3 is 0 Å². The number of aryl methyl sites for hydroxylation is 1. The van der Waals surface area contributed by atoms with Crippen molar-refractivity contribution in [3.63, 3.8) is 0 Å². The van der Waals surface area contributed by atoms with Crippen LogP contribution >= 0.6 is 0 Å². The van der Waals surface area contributed by atoms with Crippen LogP contribution in [0.4, 0.5) is 8.78 Å². The first-order valence-corrected chi connectivity index (χ1v) is 8.69. The Bertz CT molecular complexity index is 603. The molecule has 3 nitrogen and oxygen atoms in total. The van der Waals surface area contributed by atoms with Crippen LogP contribution < -0.4 is 4.72 Å². The third-order valence-electron chi connectivity index (χ3n) is 3.80. The first-order valence-electron chi connectivity index (χ1n) is 7.21. The second kappa shape index (κ2) is 6.01. The monoisotopic (exact) mass is 317 g/mol. The maximum absolute atomic E-state index is 13.4. The van der Waals surface area contributed by atoms with E-state index in [1.807, 2.05) is 0 Å². The lowest BCUT2D eigenvalue weighted by molar-refractivity contribution is 0.0172. The van der Waals surface area contributed by atoms with E-state index < -0.39 is 15.9 Å². The van der Waals surface area contributed by atoms with Crippen LogP contribution in [0.25, 0.3) is 0 Å². The average molecular weight is 317 g/mol. The van der Waals surface area contributed by atoms with Crippen molar-refractivity contribution in [1.29, 1.82) is 0 Å². The Morgan fingerprint density at radius 2 is 1.76 bits per heavy atom. The molecule has 0 radical (unpaired) electrons. The maximum atomic E-state index is 13.4. The minimum absolute atomic E-state index is 0.0791. The lowest BCUT2D eigenvalue weighted by Crippen LogP contribution is -2.36. The van der Waals surface area contributed by atoms with Gasteiger partial charge in [-0.2, -0.15) is 0 Å². The lowest BCUT2D eigenvalue weighted by Gasteiger charge is -2.23. The second-order valence-corrected chi connectivity index (χ2v) is 7.59. The van der Waals surface area contributed by atoms with Gasteiger partial charge in [0.1, 0.15) is 0 Å². The molecule has 0 spiro atoms. The summed E-state index contributed by atoms with van der Waals surface area (Å²) in [4.78, 5) is -0.0791. The molecule has 0 aromatic heterocycles. The first-order chi connectivity index (χ1) is 9.68. The molecule has 0 atom stereocenters. The van der Waals surface area contributed by atoms with Crippen molar-refractivity contribution in [3.8, 4) is 0 Å². The third kappa shape index (κ3) is 4.23. The van der Waals surface area contributed by atoms with Gasteiger partial charge >= 0.3 is 0 Å². The van der Waals surface area contributed by atoms with E-state index in [1.165, 1.54) is 12.1 Å². The average Bonchev–Trinajstić information content (AvgIpc) is 2.37. The smallest absolute Gasteiger partial charge is 0.208 e. The summed E-state index contributed by atoms with van der Waals surface area (Å²) in [6.45, 7) is 2.39. The fourth-order valence-electron chi connectivity index (χ4n) is 2.66. The van der Waals surface area contributed by atoms with Gasteiger partial charge in [-0.3, -0.25) is 0 Å². The Morgan fingerprint density at radius 3 is 2.33 bits per heavy atom. The minimum atomic E-state index is -3.75. The molecule has 1 saturated carbocycles. The number of halogens is 2. The molecule has 1 aromatic rings. The van der Waals surface area contributed by atoms with Crippen molar-refractivity contribution >= 4 is 10.0 Å². The molecule has 1 aromatic carbocycles. The van der Waals surface area contributed by atoms with E-state index in [2.05, 4.69) is 4.72 Å². The first kappa shape index (κ1) is 16.4. The zero-order valence-corrected chi connectivity index (χ0v) is 13.1. The lowest BCUT2D eigenvalue weighted by atomic mass is 9.96. The molecule has 0 saturated heterocycles. The van der Waals surface area contributed by atoms with Gasteiger partial charge in [-0.25, -0.2) is 21.9 Å². The maximum Gasteiger partial charge on any atom is 0.270 e. The highest BCUT2D eigenvalue weighted by Gasteiger charge is 2.28. The van der Waals surface area contributed by atoms with Gasteiger partial charge in [0.2, 0.25) is 10.0 Å². The van der Waals surface area contributed by atoms with Crippen molar-refractivity contribution in [3.05, 3.63) is 29.3 Å². The van der Waals surface area contributed by atoms with Crippen LogP contribution in [0.5, 0.6) is 0 Å². The second-order valence-electron chi connectivity index (χ2n) is 5.88. The summed E-state index contributed by atoms with van der Waals surface area (Å²) in [7, 11) is -3.75. The molecule has 1 aliphatic carbocycles. The summed E-state index contributed by atoms with van der Waals surface area (Å²) in [5.41, 5.74) is 0.240. The fourth-order valence-corrected chi connectivity index (χ4v) is 4.10. The number of alkyl halides is 2. The molecule has 0 unspecified atom stereocenters. The van der Waals surface area contributed by atoms with Crippen molar-refractivity contribution in [2.45, 2.75) is 62.8 Å². The van der Waals surface area contributed by atoms with Crippen LogP contribution in [0.15, 0.2) is 23.1 Å². The van der Waals surface area contributed by atoms with E-state index in [0.717, 1.165) is 45.1 Å². The van der Waals surface area contributed by atoms with E-state index in [0.29, 0.717) is 5.56 Å². The van der Waals surface area contributed by atoms with Crippen LogP contribution in [0, 0.1) is 6.92 Å². The minimum Gasteiger partial charge on any atom is -0.208 e. The van der Waals surface area contributed by atoms with Crippen molar-refractivity contribution in [2.75, 3.05) is 0 Å². The molecule has 0 amide bonds. The van der Waals surface area contributed by atoms with Gasteiger partial charge in [0, 0.05) is 18.5 Å². The topological polar surface area (TPSA) is 46.2 Å². The zero-order valence-electron chi connectivity index (χ0n) is 12.3. The predicted octanol–water partition coefficient (Wildman–Crippen LogP) is 3.72. The number of benzene rings is 1. The van der Waals surface area contributed by atoms with Gasteiger partial charge in [0.05, 0.1) is 4.90 Å². The standard InChI is InChI=1S/C15H21F2NO2S/c1-11-8-12(15(2,16)17)10-14(9-11)21(19,20)18-13-6-4-3-5-7-13/h8-10,13,18H,3-7H2,1-2H3. The van der Waals surface area contributed by atoms with Crippen LogP contribution in [0.2, 0.25) is 0 Å². The number of hydrogen-bond donors (Lipinski definition) is 1. The summed E-state index contributed by atoms with van der Waals surface area (Å²) >= 11 is 0. The highest BCUT2D eigenvalue weighted by Crippen LogP contribution is 2.30. The van der Waals surface area contributed by atoms with E-state index in [4.69, 9.17) is 0 Å². The molecule has 6 heteroatoms. The third-order valence-corrected chi connectivity index (χ3v) is 5.29. The largest absolute Gasteiger partial charge is 0.270 e. The van der Waals surface area contributed by atoms with E-state index in [1.54, 1.807) is 6.92 Å². The normalized spacial score (nSPS) is 17.9. The highest BCUT2D eigenvalue weighted by atomic mass is 32.2.